The maximum absolute atomic E-state index is 11.8. The van der Waals surface area contributed by atoms with Crippen LogP contribution in [0.2, 0.25) is 0 Å². The van der Waals surface area contributed by atoms with Crippen LogP contribution >= 0.6 is 33.9 Å². The van der Waals surface area contributed by atoms with E-state index in [0.717, 1.165) is 20.6 Å². The van der Waals surface area contributed by atoms with E-state index in [2.05, 4.69) is 27.9 Å². The van der Waals surface area contributed by atoms with Gasteiger partial charge in [0.25, 0.3) is 5.91 Å². The Kier molecular flexibility index (Phi) is 6.34. The summed E-state index contributed by atoms with van der Waals surface area (Å²) in [4.78, 5) is 34.8. The Labute approximate surface area is 150 Å². The summed E-state index contributed by atoms with van der Waals surface area (Å²) in [5, 5.41) is 4.41. The lowest BCUT2D eigenvalue weighted by atomic mass is 10.3. The van der Waals surface area contributed by atoms with Gasteiger partial charge >= 0.3 is 10.8 Å². The molecule has 6 nitrogen and oxygen atoms in total. The number of aryl methyl sites for hydroxylation is 1. The third-order valence-corrected chi connectivity index (χ3v) is 4.85. The fourth-order valence-electron chi connectivity index (χ4n) is 1.84. The van der Waals surface area contributed by atoms with Gasteiger partial charge in [-0.25, -0.2) is 0 Å². The van der Waals surface area contributed by atoms with E-state index in [1.165, 1.54) is 4.57 Å². The van der Waals surface area contributed by atoms with Gasteiger partial charge in [-0.2, -0.15) is 0 Å². The summed E-state index contributed by atoms with van der Waals surface area (Å²) in [6.45, 7) is 1.71. The van der Waals surface area contributed by atoms with E-state index in [4.69, 9.17) is 4.74 Å². The highest BCUT2D eigenvalue weighted by molar-refractivity contribution is 14.1. The van der Waals surface area contributed by atoms with E-state index in [0.29, 0.717) is 5.69 Å². The second kappa shape index (κ2) is 8.25. The third kappa shape index (κ3) is 5.17. The highest BCUT2D eigenvalue weighted by Gasteiger charge is 2.11. The number of nitrogens with zero attached hydrogens (tertiary/aromatic N) is 1. The molecule has 0 saturated heterocycles. The number of halogens is 1. The Morgan fingerprint density at radius 3 is 2.74 bits per heavy atom. The highest BCUT2D eigenvalue weighted by atomic mass is 127. The molecule has 0 fully saturated rings. The quantitative estimate of drug-likeness (QED) is 0.546. The van der Waals surface area contributed by atoms with Crippen molar-refractivity contribution in [3.63, 3.8) is 0 Å². The minimum Gasteiger partial charge on any atom is -0.456 e. The lowest BCUT2D eigenvalue weighted by Crippen LogP contribution is -2.23. The first-order valence-electron chi connectivity index (χ1n) is 6.82. The van der Waals surface area contributed by atoms with Crippen molar-refractivity contribution in [3.8, 4) is 0 Å². The average molecular weight is 446 g/mol. The first-order valence-corrected chi connectivity index (χ1v) is 8.78. The summed E-state index contributed by atoms with van der Waals surface area (Å²) in [5.74, 6) is -0.910. The van der Waals surface area contributed by atoms with Crippen LogP contribution in [0, 0.1) is 10.5 Å². The van der Waals surface area contributed by atoms with Crippen molar-refractivity contribution in [3.05, 3.63) is 48.6 Å². The van der Waals surface area contributed by atoms with Crippen molar-refractivity contribution < 1.29 is 14.3 Å². The molecule has 1 aromatic heterocycles. The van der Waals surface area contributed by atoms with Crippen LogP contribution in [-0.2, 0) is 20.9 Å². The fraction of sp³-hybridized carbons (Fsp3) is 0.267. The van der Waals surface area contributed by atoms with Crippen LogP contribution in [0.3, 0.4) is 0 Å². The molecule has 1 heterocycles. The van der Waals surface area contributed by atoms with Crippen LogP contribution in [0.15, 0.2) is 34.4 Å². The van der Waals surface area contributed by atoms with Crippen molar-refractivity contribution in [1.29, 1.82) is 0 Å². The van der Waals surface area contributed by atoms with Crippen molar-refractivity contribution in [2.75, 3.05) is 11.9 Å². The van der Waals surface area contributed by atoms with E-state index >= 15 is 0 Å². The van der Waals surface area contributed by atoms with E-state index in [9.17, 15) is 14.4 Å². The average Bonchev–Trinajstić information content (AvgIpc) is 2.84. The zero-order chi connectivity index (χ0) is 16.8. The number of nitrogens with one attached hydrogen (secondary N) is 1. The molecule has 1 amide bonds. The molecule has 0 saturated carbocycles. The zero-order valence-electron chi connectivity index (χ0n) is 12.4. The standard InChI is InChI=1S/C15H15IN2O4S/c1-10-9-23-15(21)18(10)7-6-14(20)22-8-13(19)17-12-5-3-2-4-11(12)16/h2-5,9H,6-8H2,1H3,(H,17,19). The molecule has 0 radical (unpaired) electrons. The van der Waals surface area contributed by atoms with Crippen LogP contribution in [0.4, 0.5) is 5.69 Å². The number of para-hydroxylation sites is 1. The van der Waals surface area contributed by atoms with Crippen LogP contribution in [0.5, 0.6) is 0 Å². The Hall–Kier alpha value is -1.68. The van der Waals surface area contributed by atoms with E-state index in [1.54, 1.807) is 18.4 Å². The Balaban J connectivity index is 1.77. The molecule has 0 aliphatic heterocycles. The maximum atomic E-state index is 11.8. The van der Waals surface area contributed by atoms with Crippen molar-refractivity contribution in [1.82, 2.24) is 4.57 Å². The van der Waals surface area contributed by atoms with Gasteiger partial charge in [0.1, 0.15) is 0 Å². The minimum atomic E-state index is -0.514. The van der Waals surface area contributed by atoms with E-state index in [-0.39, 0.29) is 24.4 Å². The normalized spacial score (nSPS) is 10.3. The van der Waals surface area contributed by atoms with Gasteiger partial charge in [-0.3, -0.25) is 14.4 Å². The molecular formula is C15H15IN2O4S. The summed E-state index contributed by atoms with van der Waals surface area (Å²) < 4.78 is 7.34. The molecule has 0 bridgehead atoms. The van der Waals surface area contributed by atoms with Gasteiger partial charge in [0.15, 0.2) is 6.61 Å². The number of carbonyl (C=O) groups excluding carboxylic acids is 2. The zero-order valence-corrected chi connectivity index (χ0v) is 15.3. The first-order chi connectivity index (χ1) is 11.0. The predicted octanol–water partition coefficient (Wildman–Crippen LogP) is 2.39. The number of anilines is 1. The van der Waals surface area contributed by atoms with Gasteiger partial charge in [-0.15, -0.1) is 0 Å². The van der Waals surface area contributed by atoms with Crippen molar-refractivity contribution >= 4 is 51.5 Å². The summed E-state index contributed by atoms with van der Waals surface area (Å²) >= 11 is 3.20. The lowest BCUT2D eigenvalue weighted by molar-refractivity contribution is -0.147. The Morgan fingerprint density at radius 1 is 1.35 bits per heavy atom. The molecular weight excluding hydrogens is 431 g/mol. The van der Waals surface area contributed by atoms with Crippen molar-refractivity contribution in [2.45, 2.75) is 19.9 Å². The molecule has 2 rings (SSSR count). The molecule has 1 aromatic carbocycles. The highest BCUT2D eigenvalue weighted by Crippen LogP contribution is 2.16. The monoisotopic (exact) mass is 446 g/mol. The number of thiazole rings is 1. The number of ether oxygens (including phenoxy) is 1. The number of hydrogen-bond donors (Lipinski definition) is 1. The number of benzene rings is 1. The number of rotatable bonds is 6. The third-order valence-electron chi connectivity index (χ3n) is 3.03. The fourth-order valence-corrected chi connectivity index (χ4v) is 3.13. The van der Waals surface area contributed by atoms with E-state index in [1.807, 2.05) is 18.2 Å². The number of aromatic nitrogens is 1. The molecule has 2 aromatic rings. The van der Waals surface area contributed by atoms with Gasteiger partial charge in [-0.1, -0.05) is 23.5 Å². The van der Waals surface area contributed by atoms with Gasteiger partial charge in [-0.05, 0) is 41.6 Å². The second-order valence-electron chi connectivity index (χ2n) is 4.73. The van der Waals surface area contributed by atoms with Crippen LogP contribution < -0.4 is 10.2 Å². The minimum absolute atomic E-state index is 0.0492. The molecule has 0 unspecified atom stereocenters. The number of hydrogen-bond acceptors (Lipinski definition) is 5. The first kappa shape index (κ1) is 17.7. The predicted molar refractivity (Wildman–Crippen MR) is 96.7 cm³/mol. The molecule has 0 atom stereocenters. The number of esters is 1. The number of amides is 1. The van der Waals surface area contributed by atoms with Gasteiger partial charge in [0, 0.05) is 21.2 Å². The summed E-state index contributed by atoms with van der Waals surface area (Å²) in [6, 6.07) is 7.31. The molecule has 0 aliphatic rings. The smallest absolute Gasteiger partial charge is 0.308 e. The Bertz CT molecular complexity index is 769. The van der Waals surface area contributed by atoms with Gasteiger partial charge in [0.2, 0.25) is 0 Å². The molecule has 0 aliphatic carbocycles. The summed E-state index contributed by atoms with van der Waals surface area (Å²) in [5.41, 5.74) is 1.48. The molecule has 0 spiro atoms. The Morgan fingerprint density at radius 2 is 2.09 bits per heavy atom. The van der Waals surface area contributed by atoms with E-state index < -0.39 is 11.9 Å². The van der Waals surface area contributed by atoms with Gasteiger partial charge in [0.05, 0.1) is 12.1 Å². The SMILES string of the molecule is Cc1csc(=O)n1CCC(=O)OCC(=O)Nc1ccccc1I. The number of carbonyl (C=O) groups is 2. The summed E-state index contributed by atoms with van der Waals surface area (Å²) in [7, 11) is 0. The summed E-state index contributed by atoms with van der Waals surface area (Å²) in [6.07, 6.45) is 0.0492. The van der Waals surface area contributed by atoms with Crippen LogP contribution in [0.1, 0.15) is 12.1 Å². The van der Waals surface area contributed by atoms with Gasteiger partial charge < -0.3 is 14.6 Å². The second-order valence-corrected chi connectivity index (χ2v) is 6.72. The molecule has 1 N–H and O–H groups in total. The largest absolute Gasteiger partial charge is 0.456 e. The molecule has 122 valence electrons. The molecule has 23 heavy (non-hydrogen) atoms. The van der Waals surface area contributed by atoms with Crippen LogP contribution in [0.25, 0.3) is 0 Å². The van der Waals surface area contributed by atoms with Crippen molar-refractivity contribution in [2.24, 2.45) is 0 Å². The molecule has 8 heteroatoms. The maximum Gasteiger partial charge on any atom is 0.308 e. The van der Waals surface area contributed by atoms with Crippen LogP contribution in [-0.4, -0.2) is 23.1 Å². The topological polar surface area (TPSA) is 77.4 Å². The lowest BCUT2D eigenvalue weighted by Gasteiger charge is -2.08.